The Kier molecular flexibility index (Phi) is 4.80. The number of rotatable bonds is 2. The Morgan fingerprint density at radius 1 is 0.423 bits per heavy atom. The molecule has 0 heterocycles. The Bertz CT molecular complexity index is 791. The Morgan fingerprint density at radius 3 is 1.00 bits per heavy atom. The molecular formula is C26H30. The molecule has 3 aromatic rings. The van der Waals surface area contributed by atoms with Gasteiger partial charge in [-0.2, -0.15) is 0 Å². The predicted molar refractivity (Wildman–Crippen MR) is 115 cm³/mol. The molecule has 3 aromatic carbocycles. The van der Waals surface area contributed by atoms with Gasteiger partial charge in [0.15, 0.2) is 0 Å². The molecule has 0 radical (unpaired) electrons. The molecule has 0 aliphatic rings. The highest BCUT2D eigenvalue weighted by molar-refractivity contribution is 5.83. The van der Waals surface area contributed by atoms with Crippen molar-refractivity contribution in [3.05, 3.63) is 83.9 Å². The van der Waals surface area contributed by atoms with Crippen molar-refractivity contribution < 1.29 is 0 Å². The van der Waals surface area contributed by atoms with E-state index in [0.717, 1.165) is 0 Å². The van der Waals surface area contributed by atoms with E-state index in [1.165, 1.54) is 33.4 Å². The van der Waals surface area contributed by atoms with Gasteiger partial charge in [0.2, 0.25) is 0 Å². The maximum absolute atomic E-state index is 2.26. The summed E-state index contributed by atoms with van der Waals surface area (Å²) in [5.41, 5.74) is 8.22. The highest BCUT2D eigenvalue weighted by Gasteiger charge is 2.15. The molecule has 0 fully saturated rings. The van der Waals surface area contributed by atoms with Gasteiger partial charge in [0, 0.05) is 0 Å². The lowest BCUT2D eigenvalue weighted by Crippen LogP contribution is -2.10. The molecule has 0 saturated heterocycles. The van der Waals surface area contributed by atoms with Gasteiger partial charge in [-0.1, -0.05) is 114 Å². The monoisotopic (exact) mass is 342 g/mol. The van der Waals surface area contributed by atoms with Crippen molar-refractivity contribution >= 4 is 0 Å². The molecule has 3 rings (SSSR count). The zero-order chi connectivity index (χ0) is 18.9. The second-order valence-corrected chi connectivity index (χ2v) is 9.20. The molecular weight excluding hydrogens is 312 g/mol. The topological polar surface area (TPSA) is 0 Å². The summed E-state index contributed by atoms with van der Waals surface area (Å²) in [6.07, 6.45) is 0. The number of benzene rings is 3. The van der Waals surface area contributed by atoms with E-state index in [9.17, 15) is 0 Å². The van der Waals surface area contributed by atoms with E-state index in [0.29, 0.717) is 0 Å². The summed E-state index contributed by atoms with van der Waals surface area (Å²) in [7, 11) is 0. The minimum absolute atomic E-state index is 0.181. The van der Waals surface area contributed by atoms with Crippen LogP contribution in [0.2, 0.25) is 0 Å². The zero-order valence-corrected chi connectivity index (χ0v) is 16.9. The SMILES string of the molecule is CC(C)(C)c1ccc(-c2ccccc2-c2ccc(C(C)(C)C)cc2)cc1. The van der Waals surface area contributed by atoms with E-state index in [-0.39, 0.29) is 10.8 Å². The lowest BCUT2D eigenvalue weighted by Gasteiger charge is -2.20. The Labute approximate surface area is 158 Å². The molecule has 0 heteroatoms. The van der Waals surface area contributed by atoms with Crippen LogP contribution in [0.15, 0.2) is 72.8 Å². The molecule has 26 heavy (non-hydrogen) atoms. The summed E-state index contributed by atoms with van der Waals surface area (Å²) in [6.45, 7) is 13.5. The van der Waals surface area contributed by atoms with Crippen LogP contribution in [0.4, 0.5) is 0 Å². The van der Waals surface area contributed by atoms with Crippen molar-refractivity contribution in [1.29, 1.82) is 0 Å². The van der Waals surface area contributed by atoms with E-state index < -0.39 is 0 Å². The molecule has 0 aromatic heterocycles. The molecule has 0 amide bonds. The minimum Gasteiger partial charge on any atom is -0.0616 e. The summed E-state index contributed by atoms with van der Waals surface area (Å²) in [6, 6.07) is 26.7. The Morgan fingerprint density at radius 2 is 0.731 bits per heavy atom. The van der Waals surface area contributed by atoms with Crippen molar-refractivity contribution in [2.24, 2.45) is 0 Å². The van der Waals surface area contributed by atoms with Crippen LogP contribution in [0.1, 0.15) is 52.7 Å². The molecule has 0 atom stereocenters. The van der Waals surface area contributed by atoms with E-state index in [1.807, 2.05) is 0 Å². The van der Waals surface area contributed by atoms with Crippen LogP contribution >= 0.6 is 0 Å². The lowest BCUT2D eigenvalue weighted by atomic mass is 9.84. The smallest absolute Gasteiger partial charge is 0.0105 e. The van der Waals surface area contributed by atoms with Gasteiger partial charge >= 0.3 is 0 Å². The fourth-order valence-corrected chi connectivity index (χ4v) is 3.29. The van der Waals surface area contributed by atoms with Gasteiger partial charge in [0.05, 0.1) is 0 Å². The second kappa shape index (κ2) is 6.76. The van der Waals surface area contributed by atoms with Gasteiger partial charge in [0.25, 0.3) is 0 Å². The van der Waals surface area contributed by atoms with Gasteiger partial charge in [-0.05, 0) is 44.2 Å². The molecule has 0 aliphatic carbocycles. The third-order valence-corrected chi connectivity index (χ3v) is 5.05. The van der Waals surface area contributed by atoms with Gasteiger partial charge in [-0.25, -0.2) is 0 Å². The number of hydrogen-bond donors (Lipinski definition) is 0. The Balaban J connectivity index is 2.01. The third-order valence-electron chi connectivity index (χ3n) is 5.05. The molecule has 134 valence electrons. The van der Waals surface area contributed by atoms with Gasteiger partial charge in [-0.3, -0.25) is 0 Å². The van der Waals surface area contributed by atoms with Crippen LogP contribution in [-0.2, 0) is 10.8 Å². The summed E-state index contributed by atoms with van der Waals surface area (Å²) in [5, 5.41) is 0. The van der Waals surface area contributed by atoms with E-state index in [1.54, 1.807) is 0 Å². The average Bonchev–Trinajstić information content (AvgIpc) is 2.60. The molecule has 0 bridgehead atoms. The normalized spacial score (nSPS) is 12.2. The van der Waals surface area contributed by atoms with Gasteiger partial charge in [0.1, 0.15) is 0 Å². The maximum atomic E-state index is 2.26. The predicted octanol–water partition coefficient (Wildman–Crippen LogP) is 7.62. The fraction of sp³-hybridized carbons (Fsp3) is 0.308. The first-order chi connectivity index (χ1) is 12.2. The van der Waals surface area contributed by atoms with E-state index in [4.69, 9.17) is 0 Å². The van der Waals surface area contributed by atoms with Crippen molar-refractivity contribution in [3.8, 4) is 22.3 Å². The molecule has 0 unspecified atom stereocenters. The maximum Gasteiger partial charge on any atom is -0.0105 e. The first-order valence-electron chi connectivity index (χ1n) is 9.47. The number of hydrogen-bond acceptors (Lipinski definition) is 0. The fourth-order valence-electron chi connectivity index (χ4n) is 3.29. The van der Waals surface area contributed by atoms with Crippen LogP contribution in [0.5, 0.6) is 0 Å². The first kappa shape index (κ1) is 18.5. The Hall–Kier alpha value is -2.34. The molecule has 0 saturated carbocycles. The van der Waals surface area contributed by atoms with Crippen molar-refractivity contribution in [3.63, 3.8) is 0 Å². The third kappa shape index (κ3) is 3.90. The molecule has 0 spiro atoms. The first-order valence-corrected chi connectivity index (χ1v) is 9.47. The van der Waals surface area contributed by atoms with Gasteiger partial charge in [-0.15, -0.1) is 0 Å². The summed E-state index contributed by atoms with van der Waals surface area (Å²) >= 11 is 0. The van der Waals surface area contributed by atoms with E-state index in [2.05, 4.69) is 114 Å². The van der Waals surface area contributed by atoms with E-state index >= 15 is 0 Å². The molecule has 0 N–H and O–H groups in total. The van der Waals surface area contributed by atoms with Crippen molar-refractivity contribution in [2.75, 3.05) is 0 Å². The second-order valence-electron chi connectivity index (χ2n) is 9.20. The van der Waals surface area contributed by atoms with Crippen molar-refractivity contribution in [2.45, 2.75) is 52.4 Å². The van der Waals surface area contributed by atoms with Crippen LogP contribution in [0, 0.1) is 0 Å². The van der Waals surface area contributed by atoms with Gasteiger partial charge < -0.3 is 0 Å². The van der Waals surface area contributed by atoms with Crippen LogP contribution in [-0.4, -0.2) is 0 Å². The van der Waals surface area contributed by atoms with Crippen LogP contribution in [0.3, 0.4) is 0 Å². The average molecular weight is 343 g/mol. The highest BCUT2D eigenvalue weighted by Crippen LogP contribution is 2.34. The minimum atomic E-state index is 0.181. The highest BCUT2D eigenvalue weighted by atomic mass is 14.2. The lowest BCUT2D eigenvalue weighted by molar-refractivity contribution is 0.590. The standard InChI is InChI=1S/C26H30/c1-25(2,3)21-15-11-19(12-16-21)23-9-7-8-10-24(23)20-13-17-22(18-14-20)26(4,5)6/h7-18H,1-6H3. The van der Waals surface area contributed by atoms with Crippen LogP contribution < -0.4 is 0 Å². The quantitative estimate of drug-likeness (QED) is 0.449. The summed E-state index contributed by atoms with van der Waals surface area (Å²) in [5.74, 6) is 0. The zero-order valence-electron chi connectivity index (χ0n) is 16.9. The van der Waals surface area contributed by atoms with Crippen molar-refractivity contribution in [1.82, 2.24) is 0 Å². The molecule has 0 aliphatic heterocycles. The summed E-state index contributed by atoms with van der Waals surface area (Å²) < 4.78 is 0. The van der Waals surface area contributed by atoms with Crippen LogP contribution in [0.25, 0.3) is 22.3 Å². The largest absolute Gasteiger partial charge is 0.0616 e. The summed E-state index contributed by atoms with van der Waals surface area (Å²) in [4.78, 5) is 0. The molecule has 0 nitrogen and oxygen atoms in total.